The Balaban J connectivity index is 0. The second-order valence-corrected chi connectivity index (χ2v) is 7.58. The number of nitrogens with zero attached hydrogens (tertiary/aromatic N) is 2. The van der Waals surface area contributed by atoms with Crippen molar-refractivity contribution >= 4 is 12.7 Å². The molecule has 1 heterocycles. The summed E-state index contributed by atoms with van der Waals surface area (Å²) in [6.45, 7) is 15.0. The molecule has 0 spiro atoms. The molecule has 1 rings (SSSR count). The molecule has 0 aromatic carbocycles. The van der Waals surface area contributed by atoms with Gasteiger partial charge in [0, 0.05) is 11.7 Å². The van der Waals surface area contributed by atoms with Gasteiger partial charge in [-0.3, -0.25) is 8.63 Å². The maximum Gasteiger partial charge on any atom is 0.573 e. The standard InChI is InChI=1S/C16H36N.C6H6BF2NO.FH/c1-5-9-13-17(14-10-6-2,15-11-7-3)16-12-8-4;1-11-6-3-2-5(4-10-6)7(8)9;/h5-16H2,1-4H3;2-4H,1H3;1H/q+1;;/p-1. The van der Waals surface area contributed by atoms with Crippen LogP contribution in [0.1, 0.15) is 79.1 Å². The molecule has 29 heavy (non-hydrogen) atoms. The SMILES string of the molecule is CCCC[N+](CCCC)(CCCC)CCCC.COc1ccc(B(F)F)cn1.[F-]. The Morgan fingerprint density at radius 3 is 1.48 bits per heavy atom. The maximum atomic E-state index is 11.9. The van der Waals surface area contributed by atoms with E-state index < -0.39 is 7.27 Å². The minimum absolute atomic E-state index is 0. The Morgan fingerprint density at radius 1 is 0.828 bits per heavy atom. The highest BCUT2D eigenvalue weighted by Crippen LogP contribution is 2.16. The van der Waals surface area contributed by atoms with E-state index in [4.69, 9.17) is 4.74 Å². The second-order valence-electron chi connectivity index (χ2n) is 7.58. The number of rotatable bonds is 14. The van der Waals surface area contributed by atoms with Gasteiger partial charge in [0.1, 0.15) is 0 Å². The van der Waals surface area contributed by atoms with Crippen LogP contribution in [0.15, 0.2) is 18.3 Å². The molecule has 0 aliphatic heterocycles. The zero-order valence-electron chi connectivity index (χ0n) is 19.2. The molecule has 7 heteroatoms. The van der Waals surface area contributed by atoms with E-state index in [-0.39, 0.29) is 10.2 Å². The lowest BCUT2D eigenvalue weighted by Gasteiger charge is -2.39. The minimum Gasteiger partial charge on any atom is -1.00 e. The van der Waals surface area contributed by atoms with Gasteiger partial charge in [-0.25, -0.2) is 4.98 Å². The lowest BCUT2D eigenvalue weighted by atomic mass is 9.88. The largest absolute Gasteiger partial charge is 1.00 e. The van der Waals surface area contributed by atoms with Crippen molar-refractivity contribution in [2.24, 2.45) is 0 Å². The first-order chi connectivity index (χ1) is 13.5. The van der Waals surface area contributed by atoms with Crippen LogP contribution in [0.2, 0.25) is 0 Å². The van der Waals surface area contributed by atoms with Crippen molar-refractivity contribution in [1.29, 1.82) is 0 Å². The number of ether oxygens (including phenoxy) is 1. The molecule has 0 saturated carbocycles. The lowest BCUT2D eigenvalue weighted by Crippen LogP contribution is -3.00. The topological polar surface area (TPSA) is 22.1 Å². The Kier molecular flexibility index (Phi) is 19.4. The van der Waals surface area contributed by atoms with Gasteiger partial charge in [0.2, 0.25) is 5.88 Å². The van der Waals surface area contributed by atoms with Crippen molar-refractivity contribution in [2.45, 2.75) is 79.1 Å². The summed E-state index contributed by atoms with van der Waals surface area (Å²) >= 11 is 0. The number of quaternary nitrogens is 1. The van der Waals surface area contributed by atoms with Crippen LogP contribution >= 0.6 is 0 Å². The molecule has 0 fully saturated rings. The molecule has 0 unspecified atom stereocenters. The summed E-state index contributed by atoms with van der Waals surface area (Å²) in [5.74, 6) is 0.342. The first kappa shape index (κ1) is 30.0. The summed E-state index contributed by atoms with van der Waals surface area (Å²) in [6.07, 6.45) is 12.2. The highest BCUT2D eigenvalue weighted by Gasteiger charge is 2.24. The third kappa shape index (κ3) is 13.6. The van der Waals surface area contributed by atoms with E-state index in [1.807, 2.05) is 0 Å². The normalized spacial score (nSPS) is 10.6. The number of hydrogen-bond donors (Lipinski definition) is 0. The van der Waals surface area contributed by atoms with E-state index >= 15 is 0 Å². The predicted molar refractivity (Wildman–Crippen MR) is 118 cm³/mol. The van der Waals surface area contributed by atoms with Crippen LogP contribution in [0, 0.1) is 0 Å². The van der Waals surface area contributed by atoms with Gasteiger partial charge in [-0.05, 0) is 31.7 Å². The van der Waals surface area contributed by atoms with E-state index in [1.54, 1.807) is 0 Å². The number of hydrogen-bond acceptors (Lipinski definition) is 2. The number of halogens is 3. The van der Waals surface area contributed by atoms with Crippen LogP contribution in [0.25, 0.3) is 0 Å². The van der Waals surface area contributed by atoms with Gasteiger partial charge in [-0.15, -0.1) is 0 Å². The Hall–Kier alpha value is -1.24. The van der Waals surface area contributed by atoms with Crippen LogP contribution < -0.4 is 14.9 Å². The third-order valence-corrected chi connectivity index (χ3v) is 5.16. The van der Waals surface area contributed by atoms with E-state index in [9.17, 15) is 8.63 Å². The summed E-state index contributed by atoms with van der Waals surface area (Å²) in [7, 11) is -1.03. The van der Waals surface area contributed by atoms with Crippen LogP contribution in [0.4, 0.5) is 8.63 Å². The molecular formula is C22H42BF3N2O. The van der Waals surface area contributed by atoms with Gasteiger partial charge >= 0.3 is 7.27 Å². The highest BCUT2D eigenvalue weighted by atomic mass is 19.2. The first-order valence-electron chi connectivity index (χ1n) is 11.1. The Morgan fingerprint density at radius 2 is 1.24 bits per heavy atom. The van der Waals surface area contributed by atoms with Gasteiger partial charge in [0.15, 0.2) is 0 Å². The second kappa shape index (κ2) is 18.8. The monoisotopic (exact) mass is 418 g/mol. The quantitative estimate of drug-likeness (QED) is 0.343. The summed E-state index contributed by atoms with van der Waals surface area (Å²) < 4.78 is 30.0. The Bertz CT molecular complexity index is 438. The zero-order chi connectivity index (χ0) is 21.3. The van der Waals surface area contributed by atoms with Gasteiger partial charge < -0.3 is 13.9 Å². The first-order valence-corrected chi connectivity index (χ1v) is 11.1. The molecule has 0 atom stereocenters. The third-order valence-electron chi connectivity index (χ3n) is 5.16. The lowest BCUT2D eigenvalue weighted by molar-refractivity contribution is -0.929. The van der Waals surface area contributed by atoms with E-state index in [0.29, 0.717) is 5.88 Å². The van der Waals surface area contributed by atoms with Gasteiger partial charge in [-0.1, -0.05) is 59.4 Å². The number of methoxy groups -OCH3 is 1. The highest BCUT2D eigenvalue weighted by molar-refractivity contribution is 6.59. The van der Waals surface area contributed by atoms with Gasteiger partial charge in [-0.2, -0.15) is 0 Å². The van der Waals surface area contributed by atoms with Crippen LogP contribution in [0.3, 0.4) is 0 Å². The molecule has 0 bridgehead atoms. The van der Waals surface area contributed by atoms with Crippen molar-refractivity contribution in [3.8, 4) is 5.88 Å². The van der Waals surface area contributed by atoms with Gasteiger partial charge in [0.25, 0.3) is 0 Å². The maximum absolute atomic E-state index is 11.9. The van der Waals surface area contributed by atoms with Crippen molar-refractivity contribution in [2.75, 3.05) is 33.3 Å². The molecule has 3 nitrogen and oxygen atoms in total. The Labute approximate surface area is 177 Å². The van der Waals surface area contributed by atoms with E-state index in [2.05, 4.69) is 32.7 Å². The smallest absolute Gasteiger partial charge is 0.573 e. The van der Waals surface area contributed by atoms with Crippen LogP contribution in [0.5, 0.6) is 5.88 Å². The molecular weight excluding hydrogens is 376 g/mol. The zero-order valence-corrected chi connectivity index (χ0v) is 19.2. The van der Waals surface area contributed by atoms with E-state index in [1.165, 1.54) is 101 Å². The molecule has 0 radical (unpaired) electrons. The minimum atomic E-state index is -2.46. The fourth-order valence-corrected chi connectivity index (χ4v) is 3.29. The van der Waals surface area contributed by atoms with Gasteiger partial charge in [0.05, 0.1) is 33.3 Å². The summed E-state index contributed by atoms with van der Waals surface area (Å²) in [5.41, 5.74) is -0.0919. The summed E-state index contributed by atoms with van der Waals surface area (Å²) in [6, 6.07) is 2.69. The van der Waals surface area contributed by atoms with Crippen LogP contribution in [-0.2, 0) is 0 Å². The van der Waals surface area contributed by atoms with Crippen molar-refractivity contribution in [1.82, 2.24) is 4.98 Å². The molecule has 0 aliphatic rings. The number of unbranched alkanes of at least 4 members (excludes halogenated alkanes) is 4. The number of pyridine rings is 1. The average Bonchev–Trinajstić information content (AvgIpc) is 2.73. The van der Waals surface area contributed by atoms with Crippen molar-refractivity contribution in [3.05, 3.63) is 18.3 Å². The fourth-order valence-electron chi connectivity index (χ4n) is 3.29. The molecule has 1 aromatic rings. The van der Waals surface area contributed by atoms with Crippen molar-refractivity contribution in [3.63, 3.8) is 0 Å². The molecule has 0 saturated heterocycles. The molecule has 170 valence electrons. The van der Waals surface area contributed by atoms with E-state index in [0.717, 1.165) is 6.20 Å². The molecule has 1 aromatic heterocycles. The van der Waals surface area contributed by atoms with Crippen LogP contribution in [-0.4, -0.2) is 50.0 Å². The summed E-state index contributed by atoms with van der Waals surface area (Å²) in [4.78, 5) is 3.62. The molecule has 0 amide bonds. The number of aromatic nitrogens is 1. The fraction of sp³-hybridized carbons (Fsp3) is 0.773. The molecule has 0 N–H and O–H groups in total. The van der Waals surface area contributed by atoms with Crippen molar-refractivity contribution < 1.29 is 22.6 Å². The summed E-state index contributed by atoms with van der Waals surface area (Å²) in [5, 5.41) is 0. The predicted octanol–water partition coefficient (Wildman–Crippen LogP) is 2.73. The molecule has 0 aliphatic carbocycles. The average molecular weight is 418 g/mol.